The van der Waals surface area contributed by atoms with Crippen molar-refractivity contribution in [2.24, 2.45) is 0 Å². The van der Waals surface area contributed by atoms with E-state index in [1.165, 1.54) is 0 Å². The molecule has 0 atom stereocenters. The van der Waals surface area contributed by atoms with Crippen LogP contribution in [0, 0.1) is 0 Å². The van der Waals surface area contributed by atoms with Crippen molar-refractivity contribution in [1.29, 1.82) is 0 Å². The summed E-state index contributed by atoms with van der Waals surface area (Å²) >= 11 is 3.40. The van der Waals surface area contributed by atoms with Gasteiger partial charge in [0, 0.05) is 33.2 Å². The third kappa shape index (κ3) is 4.23. The molecule has 0 spiro atoms. The van der Waals surface area contributed by atoms with Crippen molar-refractivity contribution in [2.75, 3.05) is 51.3 Å². The number of halogens is 1. The normalized spacial score (nSPS) is 16.8. The first kappa shape index (κ1) is 13.8. The largest absolute Gasteiger partial charge is 0.379 e. The van der Waals surface area contributed by atoms with Crippen LogP contribution in [0.15, 0.2) is 22.8 Å². The van der Waals surface area contributed by atoms with E-state index in [2.05, 4.69) is 37.8 Å². The van der Waals surface area contributed by atoms with Crippen molar-refractivity contribution in [3.8, 4) is 0 Å². The molecular formula is C13H20BrN3O. The molecule has 5 heteroatoms. The summed E-state index contributed by atoms with van der Waals surface area (Å²) in [5, 5.41) is 0. The standard InChI is InChI=1S/C13H20BrN3O/c1-16(13-5-2-4-12(14)15-13)6-3-7-17-8-10-18-11-9-17/h2,4-5H,3,6-11H2,1H3. The molecule has 0 N–H and O–H groups in total. The fraction of sp³-hybridized carbons (Fsp3) is 0.615. The molecule has 4 nitrogen and oxygen atoms in total. The molecule has 18 heavy (non-hydrogen) atoms. The van der Waals surface area contributed by atoms with E-state index < -0.39 is 0 Å². The first-order valence-corrected chi connectivity index (χ1v) is 7.19. The van der Waals surface area contributed by atoms with Gasteiger partial charge in [-0.3, -0.25) is 4.90 Å². The van der Waals surface area contributed by atoms with E-state index in [-0.39, 0.29) is 0 Å². The predicted molar refractivity (Wildman–Crippen MR) is 77.1 cm³/mol. The van der Waals surface area contributed by atoms with Crippen LogP contribution in [0.1, 0.15) is 6.42 Å². The smallest absolute Gasteiger partial charge is 0.129 e. The van der Waals surface area contributed by atoms with Gasteiger partial charge in [0.05, 0.1) is 13.2 Å². The maximum absolute atomic E-state index is 5.34. The van der Waals surface area contributed by atoms with Gasteiger partial charge in [0.2, 0.25) is 0 Å². The Hall–Kier alpha value is -0.650. The Morgan fingerprint density at radius 1 is 1.39 bits per heavy atom. The van der Waals surface area contributed by atoms with E-state index in [1.54, 1.807) is 0 Å². The van der Waals surface area contributed by atoms with Crippen molar-refractivity contribution in [3.63, 3.8) is 0 Å². The lowest BCUT2D eigenvalue weighted by atomic mass is 10.3. The number of aromatic nitrogens is 1. The van der Waals surface area contributed by atoms with Crippen LogP contribution in [0.2, 0.25) is 0 Å². The first-order chi connectivity index (χ1) is 8.75. The second-order valence-corrected chi connectivity index (χ2v) is 5.36. The molecule has 1 saturated heterocycles. The van der Waals surface area contributed by atoms with Gasteiger partial charge < -0.3 is 9.64 Å². The highest BCUT2D eigenvalue weighted by atomic mass is 79.9. The van der Waals surface area contributed by atoms with Crippen LogP contribution in [0.25, 0.3) is 0 Å². The molecule has 1 aliphatic rings. The first-order valence-electron chi connectivity index (χ1n) is 6.39. The van der Waals surface area contributed by atoms with Crippen LogP contribution >= 0.6 is 15.9 Å². The molecule has 1 fully saturated rings. The van der Waals surface area contributed by atoms with Gasteiger partial charge in [-0.1, -0.05) is 6.07 Å². The summed E-state index contributed by atoms with van der Waals surface area (Å²) < 4.78 is 6.23. The number of nitrogens with zero attached hydrogens (tertiary/aromatic N) is 3. The van der Waals surface area contributed by atoms with E-state index in [4.69, 9.17) is 4.74 Å². The topological polar surface area (TPSA) is 28.6 Å². The summed E-state index contributed by atoms with van der Waals surface area (Å²) in [7, 11) is 2.09. The zero-order chi connectivity index (χ0) is 12.8. The Morgan fingerprint density at radius 3 is 2.89 bits per heavy atom. The van der Waals surface area contributed by atoms with Crippen molar-refractivity contribution in [2.45, 2.75) is 6.42 Å². The summed E-state index contributed by atoms with van der Waals surface area (Å²) in [5.41, 5.74) is 0. The Bertz CT molecular complexity index is 369. The van der Waals surface area contributed by atoms with Gasteiger partial charge >= 0.3 is 0 Å². The zero-order valence-corrected chi connectivity index (χ0v) is 12.4. The van der Waals surface area contributed by atoms with Gasteiger partial charge in [-0.25, -0.2) is 4.98 Å². The molecule has 0 unspecified atom stereocenters. The number of morpholine rings is 1. The van der Waals surface area contributed by atoms with Gasteiger partial charge in [0.25, 0.3) is 0 Å². The molecule has 2 heterocycles. The molecule has 0 radical (unpaired) electrons. The van der Waals surface area contributed by atoms with E-state index in [0.717, 1.165) is 56.2 Å². The number of hydrogen-bond donors (Lipinski definition) is 0. The van der Waals surface area contributed by atoms with Crippen LogP contribution in [-0.2, 0) is 4.74 Å². The van der Waals surface area contributed by atoms with E-state index in [1.807, 2.05) is 18.2 Å². The molecule has 1 aliphatic heterocycles. The summed E-state index contributed by atoms with van der Waals surface area (Å²) in [6.45, 7) is 6.06. The Labute approximate surface area is 117 Å². The van der Waals surface area contributed by atoms with Gasteiger partial charge in [0.15, 0.2) is 0 Å². The predicted octanol–water partition coefficient (Wildman–Crippen LogP) is 2.00. The molecular weight excluding hydrogens is 294 g/mol. The van der Waals surface area contributed by atoms with Crippen LogP contribution in [0.5, 0.6) is 0 Å². The third-order valence-corrected chi connectivity index (χ3v) is 3.60. The SMILES string of the molecule is CN(CCCN1CCOCC1)c1cccc(Br)n1. The van der Waals surface area contributed by atoms with E-state index >= 15 is 0 Å². The molecule has 0 aromatic carbocycles. The average molecular weight is 314 g/mol. The average Bonchev–Trinajstić information content (AvgIpc) is 2.40. The Kier molecular flexibility index (Phi) is 5.41. The highest BCUT2D eigenvalue weighted by Crippen LogP contribution is 2.13. The number of hydrogen-bond acceptors (Lipinski definition) is 4. The van der Waals surface area contributed by atoms with Gasteiger partial charge in [0.1, 0.15) is 10.4 Å². The summed E-state index contributed by atoms with van der Waals surface area (Å²) in [6, 6.07) is 6.01. The van der Waals surface area contributed by atoms with Gasteiger partial charge in [-0.05, 0) is 34.5 Å². The molecule has 0 aliphatic carbocycles. The maximum Gasteiger partial charge on any atom is 0.129 e. The van der Waals surface area contributed by atoms with Crippen molar-refractivity contribution < 1.29 is 4.74 Å². The van der Waals surface area contributed by atoms with Crippen molar-refractivity contribution in [3.05, 3.63) is 22.8 Å². The molecule has 0 amide bonds. The highest BCUT2D eigenvalue weighted by Gasteiger charge is 2.10. The second-order valence-electron chi connectivity index (χ2n) is 4.55. The number of rotatable bonds is 5. The third-order valence-electron chi connectivity index (χ3n) is 3.16. The summed E-state index contributed by atoms with van der Waals surface area (Å²) in [4.78, 5) is 9.11. The molecule has 0 bridgehead atoms. The van der Waals surface area contributed by atoms with Crippen LogP contribution in [0.3, 0.4) is 0 Å². The quantitative estimate of drug-likeness (QED) is 0.777. The number of anilines is 1. The molecule has 1 aromatic heterocycles. The van der Waals surface area contributed by atoms with Gasteiger partial charge in [-0.2, -0.15) is 0 Å². The maximum atomic E-state index is 5.34. The van der Waals surface area contributed by atoms with Crippen LogP contribution in [0.4, 0.5) is 5.82 Å². The summed E-state index contributed by atoms with van der Waals surface area (Å²) in [5.74, 6) is 1.02. The molecule has 100 valence electrons. The fourth-order valence-electron chi connectivity index (χ4n) is 2.08. The lowest BCUT2D eigenvalue weighted by molar-refractivity contribution is 0.0377. The molecule has 1 aromatic rings. The lowest BCUT2D eigenvalue weighted by Crippen LogP contribution is -2.37. The Morgan fingerprint density at radius 2 is 2.17 bits per heavy atom. The monoisotopic (exact) mass is 313 g/mol. The fourth-order valence-corrected chi connectivity index (χ4v) is 2.42. The van der Waals surface area contributed by atoms with Crippen LogP contribution < -0.4 is 4.90 Å². The zero-order valence-electron chi connectivity index (χ0n) is 10.8. The highest BCUT2D eigenvalue weighted by molar-refractivity contribution is 9.10. The van der Waals surface area contributed by atoms with E-state index in [9.17, 15) is 0 Å². The minimum absolute atomic E-state index is 0.878. The summed E-state index contributed by atoms with van der Waals surface area (Å²) in [6.07, 6.45) is 1.16. The van der Waals surface area contributed by atoms with E-state index in [0.29, 0.717) is 0 Å². The Balaban J connectivity index is 1.72. The lowest BCUT2D eigenvalue weighted by Gasteiger charge is -2.27. The number of pyridine rings is 1. The van der Waals surface area contributed by atoms with Crippen molar-refractivity contribution in [1.82, 2.24) is 9.88 Å². The van der Waals surface area contributed by atoms with Crippen LogP contribution in [-0.4, -0.2) is 56.3 Å². The minimum Gasteiger partial charge on any atom is -0.379 e. The number of ether oxygens (including phenoxy) is 1. The van der Waals surface area contributed by atoms with Gasteiger partial charge in [-0.15, -0.1) is 0 Å². The molecule has 0 saturated carbocycles. The minimum atomic E-state index is 0.878. The second kappa shape index (κ2) is 7.07. The van der Waals surface area contributed by atoms with Crippen molar-refractivity contribution >= 4 is 21.7 Å². The molecule has 2 rings (SSSR count).